The van der Waals surface area contributed by atoms with Gasteiger partial charge in [0.25, 0.3) is 0 Å². The van der Waals surface area contributed by atoms with Crippen molar-refractivity contribution in [2.24, 2.45) is 5.92 Å². The van der Waals surface area contributed by atoms with Gasteiger partial charge in [0.2, 0.25) is 5.91 Å². The maximum Gasteiger partial charge on any atom is 0.225 e. The molecule has 3 rings (SSSR count). The van der Waals surface area contributed by atoms with Gasteiger partial charge in [-0.1, -0.05) is 36.2 Å². The number of halogens is 2. The van der Waals surface area contributed by atoms with Crippen molar-refractivity contribution in [3.8, 4) is 0 Å². The number of carbonyl (C=O) groups excluding carboxylic acids is 1. The number of hydrogen-bond acceptors (Lipinski definition) is 2. The van der Waals surface area contributed by atoms with Gasteiger partial charge in [0.1, 0.15) is 0 Å². The molecule has 1 aromatic rings. The van der Waals surface area contributed by atoms with E-state index in [-0.39, 0.29) is 12.4 Å². The van der Waals surface area contributed by atoms with Crippen molar-refractivity contribution >= 4 is 29.9 Å². The normalized spacial score (nSPS) is 22.1. The first-order valence-electron chi connectivity index (χ1n) is 8.37. The van der Waals surface area contributed by atoms with E-state index in [2.05, 4.69) is 11.0 Å². The molecule has 5 heteroatoms. The molecule has 2 fully saturated rings. The second kappa shape index (κ2) is 8.36. The highest BCUT2D eigenvalue weighted by Crippen LogP contribution is 2.29. The van der Waals surface area contributed by atoms with Crippen molar-refractivity contribution in [1.82, 2.24) is 9.80 Å². The van der Waals surface area contributed by atoms with Crippen molar-refractivity contribution < 1.29 is 4.79 Å². The summed E-state index contributed by atoms with van der Waals surface area (Å²) >= 11 is 6.27. The molecule has 0 N–H and O–H groups in total. The highest BCUT2D eigenvalue weighted by atomic mass is 35.5. The molecule has 1 aliphatic heterocycles. The van der Waals surface area contributed by atoms with E-state index in [0.29, 0.717) is 17.9 Å². The molecule has 0 aromatic heterocycles. The molecule has 0 bridgehead atoms. The van der Waals surface area contributed by atoms with Crippen molar-refractivity contribution in [2.45, 2.75) is 44.7 Å². The van der Waals surface area contributed by atoms with Gasteiger partial charge >= 0.3 is 0 Å². The Morgan fingerprint density at radius 1 is 1.26 bits per heavy atom. The third-order valence-corrected chi connectivity index (χ3v) is 5.55. The zero-order chi connectivity index (χ0) is 15.5. The average molecular weight is 357 g/mol. The summed E-state index contributed by atoms with van der Waals surface area (Å²) in [6.45, 7) is 2.93. The van der Waals surface area contributed by atoms with Gasteiger partial charge in [0.15, 0.2) is 0 Å². The van der Waals surface area contributed by atoms with Gasteiger partial charge < -0.3 is 4.90 Å². The van der Waals surface area contributed by atoms with E-state index in [1.165, 1.54) is 12.0 Å². The van der Waals surface area contributed by atoms with Crippen LogP contribution in [0.5, 0.6) is 0 Å². The van der Waals surface area contributed by atoms with Crippen molar-refractivity contribution in [3.63, 3.8) is 0 Å². The van der Waals surface area contributed by atoms with E-state index < -0.39 is 0 Å². The van der Waals surface area contributed by atoms with E-state index in [9.17, 15) is 4.79 Å². The molecule has 0 spiro atoms. The fraction of sp³-hybridized carbons (Fsp3) is 0.611. The monoisotopic (exact) mass is 356 g/mol. The molecule has 23 heavy (non-hydrogen) atoms. The van der Waals surface area contributed by atoms with Crippen LogP contribution in [0.25, 0.3) is 0 Å². The van der Waals surface area contributed by atoms with Gasteiger partial charge in [-0.3, -0.25) is 9.69 Å². The molecule has 1 amide bonds. The number of likely N-dealkylation sites (tertiary alicyclic amines) is 1. The lowest BCUT2D eigenvalue weighted by atomic mass is 9.84. The summed E-state index contributed by atoms with van der Waals surface area (Å²) < 4.78 is 0. The van der Waals surface area contributed by atoms with E-state index >= 15 is 0 Å². The second-order valence-corrected chi connectivity index (χ2v) is 7.11. The van der Waals surface area contributed by atoms with E-state index in [1.54, 1.807) is 0 Å². The number of likely N-dealkylation sites (N-methyl/N-ethyl adjacent to an activating group) is 1. The Morgan fingerprint density at radius 2 is 2.00 bits per heavy atom. The minimum Gasteiger partial charge on any atom is -0.341 e. The average Bonchev–Trinajstić information content (AvgIpc) is 2.47. The van der Waals surface area contributed by atoms with Gasteiger partial charge in [-0.15, -0.1) is 12.4 Å². The molecule has 0 radical (unpaired) electrons. The Balaban J connectivity index is 0.00000192. The van der Waals surface area contributed by atoms with Crippen LogP contribution in [0.15, 0.2) is 24.3 Å². The smallest absolute Gasteiger partial charge is 0.225 e. The minimum atomic E-state index is 0. The second-order valence-electron chi connectivity index (χ2n) is 6.70. The maximum atomic E-state index is 12.4. The Hall–Kier alpha value is -0.770. The van der Waals surface area contributed by atoms with Crippen LogP contribution in [0.3, 0.4) is 0 Å². The molecule has 1 saturated carbocycles. The summed E-state index contributed by atoms with van der Waals surface area (Å²) in [6.07, 6.45) is 5.65. The molecule has 1 unspecified atom stereocenters. The molecule has 1 heterocycles. The minimum absolute atomic E-state index is 0. The summed E-state index contributed by atoms with van der Waals surface area (Å²) in [7, 11) is 1.99. The molecule has 128 valence electrons. The highest BCUT2D eigenvalue weighted by molar-refractivity contribution is 6.31. The van der Waals surface area contributed by atoms with Crippen LogP contribution in [0.1, 0.15) is 37.7 Å². The van der Waals surface area contributed by atoms with E-state index in [0.717, 1.165) is 50.3 Å². The Kier molecular flexibility index (Phi) is 6.75. The number of rotatable bonds is 4. The van der Waals surface area contributed by atoms with Crippen molar-refractivity contribution in [1.29, 1.82) is 0 Å². The number of hydrogen-bond donors (Lipinski definition) is 0. The van der Waals surface area contributed by atoms with Gasteiger partial charge in [0, 0.05) is 37.1 Å². The summed E-state index contributed by atoms with van der Waals surface area (Å²) in [6, 6.07) is 8.40. The molecular weight excluding hydrogens is 331 g/mol. The maximum absolute atomic E-state index is 12.4. The lowest BCUT2D eigenvalue weighted by Crippen LogP contribution is -2.50. The lowest BCUT2D eigenvalue weighted by Gasteiger charge is -2.40. The molecule has 1 atom stereocenters. The Bertz CT molecular complexity index is 534. The fourth-order valence-electron chi connectivity index (χ4n) is 3.48. The van der Waals surface area contributed by atoms with Gasteiger partial charge in [-0.25, -0.2) is 0 Å². The largest absolute Gasteiger partial charge is 0.341 e. The number of carbonyl (C=O) groups is 1. The standard InChI is InChI=1S/C18H25ClN2O.ClH/c1-20(18(22)14-7-4-8-14)16-9-5-11-21(13-16)12-15-6-2-3-10-17(15)19;/h2-3,6,10,14,16H,4-5,7-9,11-13H2,1H3;1H. The third-order valence-electron chi connectivity index (χ3n) is 5.18. The first kappa shape index (κ1) is 18.6. The number of amides is 1. The van der Waals surface area contributed by atoms with Crippen LogP contribution in [-0.2, 0) is 11.3 Å². The van der Waals surface area contributed by atoms with Crippen LogP contribution in [0, 0.1) is 5.92 Å². The first-order chi connectivity index (χ1) is 10.6. The predicted octanol–water partition coefficient (Wildman–Crippen LogP) is 3.98. The highest BCUT2D eigenvalue weighted by Gasteiger charge is 2.32. The number of benzene rings is 1. The Labute approximate surface area is 150 Å². The molecule has 3 nitrogen and oxygen atoms in total. The Morgan fingerprint density at radius 3 is 2.65 bits per heavy atom. The van der Waals surface area contributed by atoms with Crippen LogP contribution >= 0.6 is 24.0 Å². The quantitative estimate of drug-likeness (QED) is 0.814. The van der Waals surface area contributed by atoms with Gasteiger partial charge in [-0.05, 0) is 43.9 Å². The lowest BCUT2D eigenvalue weighted by molar-refractivity contribution is -0.140. The van der Waals surface area contributed by atoms with Crippen LogP contribution in [0.4, 0.5) is 0 Å². The zero-order valence-electron chi connectivity index (χ0n) is 13.7. The van der Waals surface area contributed by atoms with Crippen molar-refractivity contribution in [3.05, 3.63) is 34.9 Å². The topological polar surface area (TPSA) is 23.6 Å². The first-order valence-corrected chi connectivity index (χ1v) is 8.75. The molecule has 1 aromatic carbocycles. The number of piperidine rings is 1. The fourth-order valence-corrected chi connectivity index (χ4v) is 3.68. The summed E-state index contributed by atoms with van der Waals surface area (Å²) in [5.41, 5.74) is 1.18. The van der Waals surface area contributed by atoms with E-state index in [4.69, 9.17) is 11.6 Å². The number of nitrogens with zero attached hydrogens (tertiary/aromatic N) is 2. The summed E-state index contributed by atoms with van der Waals surface area (Å²) in [5, 5.41) is 0.837. The summed E-state index contributed by atoms with van der Waals surface area (Å²) in [4.78, 5) is 16.9. The van der Waals surface area contributed by atoms with Crippen LogP contribution in [-0.4, -0.2) is 41.9 Å². The van der Waals surface area contributed by atoms with Crippen LogP contribution in [0.2, 0.25) is 5.02 Å². The molecule has 1 aliphatic carbocycles. The zero-order valence-corrected chi connectivity index (χ0v) is 15.3. The SMILES string of the molecule is CN(C(=O)C1CCC1)C1CCCN(Cc2ccccc2Cl)C1.Cl. The third kappa shape index (κ3) is 4.40. The van der Waals surface area contributed by atoms with Crippen LogP contribution < -0.4 is 0 Å². The van der Waals surface area contributed by atoms with Gasteiger partial charge in [-0.2, -0.15) is 0 Å². The molecule has 2 aliphatic rings. The molecular formula is C18H26Cl2N2O. The van der Waals surface area contributed by atoms with Crippen molar-refractivity contribution in [2.75, 3.05) is 20.1 Å². The predicted molar refractivity (Wildman–Crippen MR) is 97.1 cm³/mol. The van der Waals surface area contributed by atoms with E-state index in [1.807, 2.05) is 30.1 Å². The van der Waals surface area contributed by atoms with Gasteiger partial charge in [0.05, 0.1) is 0 Å². The molecule has 1 saturated heterocycles. The summed E-state index contributed by atoms with van der Waals surface area (Å²) in [5.74, 6) is 0.653.